The topological polar surface area (TPSA) is 115 Å². The van der Waals surface area contributed by atoms with Crippen LogP contribution in [0.3, 0.4) is 0 Å². The molecule has 3 N–H and O–H groups in total. The first-order valence-corrected chi connectivity index (χ1v) is 3.97. The predicted octanol–water partition coefficient (Wildman–Crippen LogP) is 0.826. The van der Waals surface area contributed by atoms with Crippen molar-refractivity contribution in [3.63, 3.8) is 0 Å². The van der Waals surface area contributed by atoms with E-state index in [0.717, 1.165) is 6.07 Å². The molecule has 0 atom stereocenters. The van der Waals surface area contributed by atoms with Gasteiger partial charge in [0.05, 0.1) is 10.4 Å². The zero-order chi connectivity index (χ0) is 11.0. The number of hydrogen-bond donors (Lipinski definition) is 2. The molecule has 76 valence electrons. The lowest BCUT2D eigenvalue weighted by Crippen LogP contribution is -1.95. The van der Waals surface area contributed by atoms with Gasteiger partial charge in [-0.2, -0.15) is 0 Å². The number of fused-ring (bicyclic) bond motifs is 1. The largest absolute Gasteiger partial charge is 0.502 e. The molecule has 0 aliphatic heterocycles. The van der Waals surface area contributed by atoms with Gasteiger partial charge in [0, 0.05) is 17.5 Å². The van der Waals surface area contributed by atoms with Crippen molar-refractivity contribution in [1.82, 2.24) is 9.97 Å². The van der Waals surface area contributed by atoms with E-state index >= 15 is 0 Å². The summed E-state index contributed by atoms with van der Waals surface area (Å²) < 4.78 is 0. The van der Waals surface area contributed by atoms with Gasteiger partial charge in [0.1, 0.15) is 12.1 Å². The second kappa shape index (κ2) is 3.05. The van der Waals surface area contributed by atoms with E-state index in [1.165, 1.54) is 12.4 Å². The molecule has 15 heavy (non-hydrogen) atoms. The van der Waals surface area contributed by atoms with Gasteiger partial charge >= 0.3 is 5.69 Å². The highest BCUT2D eigenvalue weighted by Crippen LogP contribution is 2.31. The Balaban J connectivity index is 2.83. The monoisotopic (exact) mass is 206 g/mol. The van der Waals surface area contributed by atoms with E-state index < -0.39 is 16.4 Å². The molecule has 0 fully saturated rings. The molecule has 0 radical (unpaired) electrons. The van der Waals surface area contributed by atoms with E-state index in [0.29, 0.717) is 10.9 Å². The summed E-state index contributed by atoms with van der Waals surface area (Å²) in [6.07, 6.45) is 1.23. The molecule has 0 saturated heterocycles. The van der Waals surface area contributed by atoms with Gasteiger partial charge in [-0.15, -0.1) is 0 Å². The van der Waals surface area contributed by atoms with E-state index in [1.807, 2.05) is 0 Å². The summed E-state index contributed by atoms with van der Waals surface area (Å²) in [6.45, 7) is 0. The molecule has 2 rings (SSSR count). The Kier molecular flexibility index (Phi) is 1.86. The van der Waals surface area contributed by atoms with Crippen molar-refractivity contribution in [3.8, 4) is 5.75 Å². The van der Waals surface area contributed by atoms with Gasteiger partial charge in [-0.05, 0) is 0 Å². The molecule has 1 heterocycles. The van der Waals surface area contributed by atoms with Crippen LogP contribution in [0.2, 0.25) is 0 Å². The summed E-state index contributed by atoms with van der Waals surface area (Å²) in [7, 11) is 0. The number of phenols is 1. The summed E-state index contributed by atoms with van der Waals surface area (Å²) in [5, 5.41) is 20.2. The zero-order valence-electron chi connectivity index (χ0n) is 7.41. The van der Waals surface area contributed by atoms with Crippen molar-refractivity contribution in [2.45, 2.75) is 0 Å². The second-order valence-electron chi connectivity index (χ2n) is 2.87. The molecule has 1 aromatic carbocycles. The zero-order valence-corrected chi connectivity index (χ0v) is 7.41. The molecule has 7 heteroatoms. The Bertz CT molecular complexity index is 555. The smallest absolute Gasteiger partial charge is 0.311 e. The minimum Gasteiger partial charge on any atom is -0.502 e. The average molecular weight is 206 g/mol. The van der Waals surface area contributed by atoms with Gasteiger partial charge in [0.15, 0.2) is 5.75 Å². The highest BCUT2D eigenvalue weighted by molar-refractivity contribution is 5.91. The van der Waals surface area contributed by atoms with Gasteiger partial charge in [-0.3, -0.25) is 10.1 Å². The maximum atomic E-state index is 10.5. The summed E-state index contributed by atoms with van der Waals surface area (Å²) >= 11 is 0. The normalized spacial score (nSPS) is 10.4. The first-order chi connectivity index (χ1) is 7.09. The van der Waals surface area contributed by atoms with Gasteiger partial charge < -0.3 is 10.8 Å². The first kappa shape index (κ1) is 9.13. The SMILES string of the molecule is Nc1ncnc2cc(O)c([N+](=O)[O-])cc12. The number of nitrogens with zero attached hydrogens (tertiary/aromatic N) is 3. The first-order valence-electron chi connectivity index (χ1n) is 3.97. The number of anilines is 1. The summed E-state index contributed by atoms with van der Waals surface area (Å²) in [6, 6.07) is 2.34. The molecule has 2 aromatic rings. The van der Waals surface area contributed by atoms with Crippen molar-refractivity contribution >= 4 is 22.4 Å². The van der Waals surface area contributed by atoms with Crippen LogP contribution in [0.4, 0.5) is 11.5 Å². The maximum Gasteiger partial charge on any atom is 0.311 e. The van der Waals surface area contributed by atoms with Gasteiger partial charge in [-0.1, -0.05) is 0 Å². The lowest BCUT2D eigenvalue weighted by Gasteiger charge is -2.01. The number of rotatable bonds is 1. The number of aromatic nitrogens is 2. The Morgan fingerprint density at radius 3 is 2.80 bits per heavy atom. The van der Waals surface area contributed by atoms with Crippen LogP contribution >= 0.6 is 0 Å². The third kappa shape index (κ3) is 1.39. The molecule has 0 bridgehead atoms. The fourth-order valence-corrected chi connectivity index (χ4v) is 1.25. The van der Waals surface area contributed by atoms with E-state index in [-0.39, 0.29) is 5.82 Å². The molecule has 0 aliphatic carbocycles. The number of nitrogens with two attached hydrogens (primary N) is 1. The van der Waals surface area contributed by atoms with E-state index in [4.69, 9.17) is 5.73 Å². The van der Waals surface area contributed by atoms with E-state index in [9.17, 15) is 15.2 Å². The number of nitro benzene ring substituents is 1. The molecule has 0 saturated carbocycles. The van der Waals surface area contributed by atoms with E-state index in [2.05, 4.69) is 9.97 Å². The minimum absolute atomic E-state index is 0.142. The number of phenolic OH excluding ortho intramolecular Hbond substituents is 1. The van der Waals surface area contributed by atoms with Gasteiger partial charge in [0.2, 0.25) is 0 Å². The van der Waals surface area contributed by atoms with Crippen molar-refractivity contribution < 1.29 is 10.0 Å². The van der Waals surface area contributed by atoms with Crippen LogP contribution in [0.5, 0.6) is 5.75 Å². The number of benzene rings is 1. The number of aromatic hydroxyl groups is 1. The summed E-state index contributed by atoms with van der Waals surface area (Å²) in [5.41, 5.74) is 5.47. The standard InChI is InChI=1S/C8H6N4O3/c9-8-4-1-6(12(14)15)7(13)2-5(4)10-3-11-8/h1-3,13H,(H2,9,10,11). The molecule has 7 nitrogen and oxygen atoms in total. The Morgan fingerprint density at radius 1 is 1.40 bits per heavy atom. The lowest BCUT2D eigenvalue weighted by molar-refractivity contribution is -0.385. The van der Waals surface area contributed by atoms with Crippen LogP contribution in [0.15, 0.2) is 18.5 Å². The average Bonchev–Trinajstić information content (AvgIpc) is 2.16. The number of nitro groups is 1. The second-order valence-corrected chi connectivity index (χ2v) is 2.87. The molecule has 0 aliphatic rings. The van der Waals surface area contributed by atoms with Crippen LogP contribution in [0, 0.1) is 10.1 Å². The molecule has 1 aromatic heterocycles. The van der Waals surface area contributed by atoms with Crippen LogP contribution in [0.1, 0.15) is 0 Å². The van der Waals surface area contributed by atoms with Crippen LogP contribution in [-0.2, 0) is 0 Å². The third-order valence-electron chi connectivity index (χ3n) is 1.96. The quantitative estimate of drug-likeness (QED) is 0.527. The van der Waals surface area contributed by atoms with E-state index in [1.54, 1.807) is 0 Å². The highest BCUT2D eigenvalue weighted by atomic mass is 16.6. The lowest BCUT2D eigenvalue weighted by atomic mass is 10.2. The third-order valence-corrected chi connectivity index (χ3v) is 1.96. The van der Waals surface area contributed by atoms with Crippen LogP contribution in [0.25, 0.3) is 10.9 Å². The highest BCUT2D eigenvalue weighted by Gasteiger charge is 2.15. The van der Waals surface area contributed by atoms with Crippen LogP contribution < -0.4 is 5.73 Å². The molecule has 0 spiro atoms. The van der Waals surface area contributed by atoms with Gasteiger partial charge in [0.25, 0.3) is 0 Å². The van der Waals surface area contributed by atoms with Crippen molar-refractivity contribution in [1.29, 1.82) is 0 Å². The molecular weight excluding hydrogens is 200 g/mol. The number of hydrogen-bond acceptors (Lipinski definition) is 6. The van der Waals surface area contributed by atoms with Crippen molar-refractivity contribution in [2.24, 2.45) is 0 Å². The number of nitrogen functional groups attached to an aromatic ring is 1. The van der Waals surface area contributed by atoms with Crippen LogP contribution in [-0.4, -0.2) is 20.0 Å². The Labute approximate surface area is 83.3 Å². The minimum atomic E-state index is -0.693. The van der Waals surface area contributed by atoms with Gasteiger partial charge in [-0.25, -0.2) is 9.97 Å². The maximum absolute atomic E-state index is 10.5. The fourth-order valence-electron chi connectivity index (χ4n) is 1.25. The summed E-state index contributed by atoms with van der Waals surface area (Å²) in [4.78, 5) is 17.4. The van der Waals surface area contributed by atoms with Crippen molar-refractivity contribution in [2.75, 3.05) is 5.73 Å². The molecule has 0 unspecified atom stereocenters. The summed E-state index contributed by atoms with van der Waals surface area (Å²) in [5.74, 6) is -0.297. The predicted molar refractivity (Wildman–Crippen MR) is 52.3 cm³/mol. The fraction of sp³-hybridized carbons (Fsp3) is 0. The Hall–Kier alpha value is -2.44. The van der Waals surface area contributed by atoms with Crippen molar-refractivity contribution in [3.05, 3.63) is 28.6 Å². The molecular formula is C8H6N4O3. The molecule has 0 amide bonds. The Morgan fingerprint density at radius 2 is 2.13 bits per heavy atom.